The molecule has 1 aliphatic carbocycles. The maximum Gasteiger partial charge on any atom is 0.296 e. The molecular weight excluding hydrogens is 336 g/mol. The SMILES string of the molecule is Cc1ccc(S(=O)(=O)OCCC2(C)CCC(=O)c3ccccc32)cc1. The van der Waals surface area contributed by atoms with Crippen LogP contribution in [0.15, 0.2) is 53.4 Å². The van der Waals surface area contributed by atoms with Crippen LogP contribution >= 0.6 is 0 Å². The first kappa shape index (κ1) is 17.8. The van der Waals surface area contributed by atoms with Crippen molar-refractivity contribution < 1.29 is 17.4 Å². The summed E-state index contributed by atoms with van der Waals surface area (Å²) in [6, 6.07) is 14.2. The standard InChI is InChI=1S/C20H22O4S/c1-15-7-9-16(10-8-15)25(22,23)24-14-13-20(2)12-11-19(21)17-5-3-4-6-18(17)20/h3-10H,11-14H2,1-2H3. The molecule has 4 nitrogen and oxygen atoms in total. The number of aryl methyl sites for hydroxylation is 1. The molecule has 0 spiro atoms. The Morgan fingerprint density at radius 3 is 2.48 bits per heavy atom. The Morgan fingerprint density at radius 1 is 1.08 bits per heavy atom. The van der Waals surface area contributed by atoms with E-state index in [4.69, 9.17) is 4.18 Å². The predicted octanol–water partition coefficient (Wildman–Crippen LogP) is 4.02. The average Bonchev–Trinajstić information content (AvgIpc) is 2.59. The highest BCUT2D eigenvalue weighted by molar-refractivity contribution is 7.86. The first-order chi connectivity index (χ1) is 11.8. The van der Waals surface area contributed by atoms with Gasteiger partial charge >= 0.3 is 0 Å². The first-order valence-corrected chi connectivity index (χ1v) is 9.81. The summed E-state index contributed by atoms with van der Waals surface area (Å²) in [6.07, 6.45) is 1.73. The van der Waals surface area contributed by atoms with Crippen molar-refractivity contribution in [2.45, 2.75) is 43.4 Å². The third kappa shape index (κ3) is 3.67. The van der Waals surface area contributed by atoms with E-state index >= 15 is 0 Å². The van der Waals surface area contributed by atoms with E-state index in [1.165, 1.54) is 0 Å². The van der Waals surface area contributed by atoms with Crippen LogP contribution in [0, 0.1) is 6.92 Å². The molecular formula is C20H22O4S. The summed E-state index contributed by atoms with van der Waals surface area (Å²) in [7, 11) is -3.76. The molecule has 0 aromatic heterocycles. The van der Waals surface area contributed by atoms with Crippen LogP contribution in [-0.2, 0) is 19.7 Å². The molecule has 0 saturated carbocycles. The maximum atomic E-state index is 12.3. The number of benzene rings is 2. The molecule has 0 radical (unpaired) electrons. The lowest BCUT2D eigenvalue weighted by molar-refractivity contribution is 0.0947. The number of ketones is 1. The number of carbonyl (C=O) groups is 1. The van der Waals surface area contributed by atoms with Crippen molar-refractivity contribution >= 4 is 15.9 Å². The summed E-state index contributed by atoms with van der Waals surface area (Å²) in [5.41, 5.74) is 2.47. The molecule has 0 N–H and O–H groups in total. The lowest BCUT2D eigenvalue weighted by Crippen LogP contribution is -2.32. The summed E-state index contributed by atoms with van der Waals surface area (Å²) in [5, 5.41) is 0. The molecule has 0 amide bonds. The van der Waals surface area contributed by atoms with E-state index < -0.39 is 10.1 Å². The van der Waals surface area contributed by atoms with Gasteiger partial charge in [0.25, 0.3) is 10.1 Å². The Morgan fingerprint density at radius 2 is 1.76 bits per heavy atom. The summed E-state index contributed by atoms with van der Waals surface area (Å²) in [6.45, 7) is 4.06. The van der Waals surface area contributed by atoms with E-state index in [2.05, 4.69) is 6.92 Å². The summed E-state index contributed by atoms with van der Waals surface area (Å²) in [4.78, 5) is 12.3. The molecule has 0 fully saturated rings. The van der Waals surface area contributed by atoms with Gasteiger partial charge in [-0.15, -0.1) is 0 Å². The van der Waals surface area contributed by atoms with Crippen molar-refractivity contribution in [3.63, 3.8) is 0 Å². The molecule has 5 heteroatoms. The number of carbonyl (C=O) groups excluding carboxylic acids is 1. The molecule has 1 aliphatic rings. The van der Waals surface area contributed by atoms with Crippen LogP contribution < -0.4 is 0 Å². The van der Waals surface area contributed by atoms with Crippen molar-refractivity contribution in [3.05, 3.63) is 65.2 Å². The number of fused-ring (bicyclic) bond motifs is 1. The van der Waals surface area contributed by atoms with Gasteiger partial charge in [-0.05, 0) is 42.9 Å². The zero-order chi connectivity index (χ0) is 18.1. The lowest BCUT2D eigenvalue weighted by Gasteiger charge is -2.35. The quantitative estimate of drug-likeness (QED) is 0.757. The minimum absolute atomic E-state index is 0.0925. The zero-order valence-electron chi connectivity index (χ0n) is 14.5. The van der Waals surface area contributed by atoms with Gasteiger partial charge in [-0.2, -0.15) is 8.42 Å². The fourth-order valence-corrected chi connectivity index (χ4v) is 4.23. The Labute approximate surface area is 149 Å². The van der Waals surface area contributed by atoms with Crippen LogP contribution in [0.1, 0.15) is 47.7 Å². The molecule has 132 valence electrons. The molecule has 0 heterocycles. The van der Waals surface area contributed by atoms with Crippen LogP contribution in [0.3, 0.4) is 0 Å². The normalized spacial score (nSPS) is 20.3. The highest BCUT2D eigenvalue weighted by Crippen LogP contribution is 2.39. The summed E-state index contributed by atoms with van der Waals surface area (Å²) >= 11 is 0. The van der Waals surface area contributed by atoms with Gasteiger partial charge in [0.1, 0.15) is 0 Å². The molecule has 0 saturated heterocycles. The maximum absolute atomic E-state index is 12.3. The van der Waals surface area contributed by atoms with E-state index in [1.807, 2.05) is 31.2 Å². The van der Waals surface area contributed by atoms with Crippen LogP contribution in [0.25, 0.3) is 0 Å². The highest BCUT2D eigenvalue weighted by Gasteiger charge is 2.35. The van der Waals surface area contributed by atoms with Gasteiger partial charge in [0.2, 0.25) is 0 Å². The molecule has 25 heavy (non-hydrogen) atoms. The van der Waals surface area contributed by atoms with Gasteiger partial charge in [0.15, 0.2) is 5.78 Å². The molecule has 2 aromatic carbocycles. The van der Waals surface area contributed by atoms with Crippen LogP contribution in [0.2, 0.25) is 0 Å². The number of hydrogen-bond acceptors (Lipinski definition) is 4. The Bertz CT molecular complexity index is 884. The lowest BCUT2D eigenvalue weighted by atomic mass is 9.69. The van der Waals surface area contributed by atoms with Gasteiger partial charge in [-0.1, -0.05) is 48.9 Å². The Kier molecular flexibility index (Phi) is 4.80. The van der Waals surface area contributed by atoms with E-state index in [0.29, 0.717) is 19.3 Å². The summed E-state index contributed by atoms with van der Waals surface area (Å²) in [5.74, 6) is 0.154. The van der Waals surface area contributed by atoms with Gasteiger partial charge in [0.05, 0.1) is 11.5 Å². The van der Waals surface area contributed by atoms with Crippen molar-refractivity contribution in [3.8, 4) is 0 Å². The van der Waals surface area contributed by atoms with E-state index in [9.17, 15) is 13.2 Å². The van der Waals surface area contributed by atoms with Crippen molar-refractivity contribution in [1.29, 1.82) is 0 Å². The van der Waals surface area contributed by atoms with Gasteiger partial charge in [-0.3, -0.25) is 8.98 Å². The van der Waals surface area contributed by atoms with Crippen molar-refractivity contribution in [2.75, 3.05) is 6.61 Å². The van der Waals surface area contributed by atoms with Gasteiger partial charge < -0.3 is 0 Å². The Hall–Kier alpha value is -1.98. The molecule has 1 unspecified atom stereocenters. The largest absolute Gasteiger partial charge is 0.296 e. The second-order valence-corrected chi connectivity index (χ2v) is 8.48. The number of Topliss-reactive ketones (excluding diaryl/α,β-unsaturated/α-hetero) is 1. The van der Waals surface area contributed by atoms with E-state index in [-0.39, 0.29) is 22.7 Å². The molecule has 3 rings (SSSR count). The number of hydrogen-bond donors (Lipinski definition) is 0. The zero-order valence-corrected chi connectivity index (χ0v) is 15.3. The van der Waals surface area contributed by atoms with Crippen molar-refractivity contribution in [1.82, 2.24) is 0 Å². The predicted molar refractivity (Wildman–Crippen MR) is 96.3 cm³/mol. The minimum atomic E-state index is -3.76. The molecule has 1 atom stereocenters. The van der Waals surface area contributed by atoms with Crippen LogP contribution in [0.5, 0.6) is 0 Å². The third-order valence-electron chi connectivity index (χ3n) is 4.98. The smallest absolute Gasteiger partial charge is 0.294 e. The Balaban J connectivity index is 1.72. The second-order valence-electron chi connectivity index (χ2n) is 6.87. The van der Waals surface area contributed by atoms with Crippen LogP contribution in [0.4, 0.5) is 0 Å². The fraction of sp³-hybridized carbons (Fsp3) is 0.350. The molecule has 0 bridgehead atoms. The topological polar surface area (TPSA) is 60.4 Å². The van der Waals surface area contributed by atoms with Gasteiger partial charge in [-0.25, -0.2) is 0 Å². The van der Waals surface area contributed by atoms with E-state index in [0.717, 1.165) is 16.7 Å². The fourth-order valence-electron chi connectivity index (χ4n) is 3.32. The minimum Gasteiger partial charge on any atom is -0.294 e. The van der Waals surface area contributed by atoms with Crippen LogP contribution in [-0.4, -0.2) is 20.8 Å². The highest BCUT2D eigenvalue weighted by atomic mass is 32.2. The monoisotopic (exact) mass is 358 g/mol. The molecule has 0 aliphatic heterocycles. The second kappa shape index (κ2) is 6.73. The van der Waals surface area contributed by atoms with E-state index in [1.54, 1.807) is 24.3 Å². The average molecular weight is 358 g/mol. The van der Waals surface area contributed by atoms with Gasteiger partial charge in [0, 0.05) is 12.0 Å². The third-order valence-corrected chi connectivity index (χ3v) is 6.31. The summed E-state index contributed by atoms with van der Waals surface area (Å²) < 4.78 is 29.9. The number of rotatable bonds is 5. The first-order valence-electron chi connectivity index (χ1n) is 8.41. The molecule has 2 aromatic rings. The van der Waals surface area contributed by atoms with Crippen molar-refractivity contribution in [2.24, 2.45) is 0 Å².